The number of aryl methyl sites for hydroxylation is 1. The number of fused-ring (bicyclic) bond motifs is 1. The Morgan fingerprint density at radius 1 is 1.48 bits per heavy atom. The molecule has 0 amide bonds. The van der Waals surface area contributed by atoms with Crippen LogP contribution in [-0.4, -0.2) is 54.3 Å². The third-order valence-corrected chi connectivity index (χ3v) is 4.41. The Hall–Kier alpha value is -2.08. The minimum absolute atomic E-state index is 0.592. The first-order chi connectivity index (χ1) is 11.2. The highest BCUT2D eigenvalue weighted by atomic mass is 16.5. The Morgan fingerprint density at radius 2 is 2.30 bits per heavy atom. The highest BCUT2D eigenvalue weighted by molar-refractivity contribution is 5.80. The predicted molar refractivity (Wildman–Crippen MR) is 92.5 cm³/mol. The SMILES string of the molecule is CN=C(NCc1nc2ccccc2n1C)N(C)CC1CCOC1. The van der Waals surface area contributed by atoms with Crippen LogP contribution in [-0.2, 0) is 18.3 Å². The van der Waals surface area contributed by atoms with Crippen LogP contribution in [0.4, 0.5) is 0 Å². The zero-order valence-corrected chi connectivity index (χ0v) is 14.1. The van der Waals surface area contributed by atoms with E-state index in [0.717, 1.165) is 49.0 Å². The summed E-state index contributed by atoms with van der Waals surface area (Å²) < 4.78 is 7.58. The van der Waals surface area contributed by atoms with Crippen LogP contribution in [0, 0.1) is 5.92 Å². The van der Waals surface area contributed by atoms with Crippen LogP contribution in [0.25, 0.3) is 11.0 Å². The van der Waals surface area contributed by atoms with E-state index < -0.39 is 0 Å². The number of aromatic nitrogens is 2. The number of nitrogens with zero attached hydrogens (tertiary/aromatic N) is 4. The van der Waals surface area contributed by atoms with Crippen LogP contribution in [0.3, 0.4) is 0 Å². The first kappa shape index (κ1) is 15.8. The first-order valence-corrected chi connectivity index (χ1v) is 8.09. The number of guanidine groups is 1. The Kier molecular flexibility index (Phi) is 4.81. The number of hydrogen-bond donors (Lipinski definition) is 1. The third-order valence-electron chi connectivity index (χ3n) is 4.41. The Balaban J connectivity index is 1.63. The number of benzene rings is 1. The van der Waals surface area contributed by atoms with E-state index in [-0.39, 0.29) is 0 Å². The number of rotatable bonds is 4. The molecule has 0 bridgehead atoms. The van der Waals surface area contributed by atoms with Crippen molar-refractivity contribution >= 4 is 17.0 Å². The Bertz CT molecular complexity index is 687. The van der Waals surface area contributed by atoms with Gasteiger partial charge in [0.25, 0.3) is 0 Å². The lowest BCUT2D eigenvalue weighted by Crippen LogP contribution is -2.41. The molecule has 1 saturated heterocycles. The number of imidazole rings is 1. The van der Waals surface area contributed by atoms with Crippen molar-refractivity contribution in [2.75, 3.05) is 33.9 Å². The summed E-state index contributed by atoms with van der Waals surface area (Å²) in [5.41, 5.74) is 2.17. The highest BCUT2D eigenvalue weighted by Gasteiger charge is 2.19. The summed E-state index contributed by atoms with van der Waals surface area (Å²) in [5, 5.41) is 3.41. The topological polar surface area (TPSA) is 54.7 Å². The molecule has 1 unspecified atom stereocenters. The van der Waals surface area contributed by atoms with Gasteiger partial charge in [-0.1, -0.05) is 12.1 Å². The standard InChI is InChI=1S/C17H25N5O/c1-18-17(21(2)11-13-8-9-23-12-13)19-10-16-20-14-6-4-5-7-15(14)22(16)3/h4-7,13H,8-12H2,1-3H3,(H,18,19). The monoisotopic (exact) mass is 315 g/mol. The minimum atomic E-state index is 0.592. The summed E-state index contributed by atoms with van der Waals surface area (Å²) >= 11 is 0. The summed E-state index contributed by atoms with van der Waals surface area (Å²) in [6.45, 7) is 3.35. The Morgan fingerprint density at radius 3 is 3.00 bits per heavy atom. The van der Waals surface area contributed by atoms with Gasteiger partial charge in [0.1, 0.15) is 5.82 Å². The van der Waals surface area contributed by atoms with Gasteiger partial charge in [-0.05, 0) is 18.6 Å². The molecule has 2 aromatic rings. The number of hydrogen-bond acceptors (Lipinski definition) is 3. The average Bonchev–Trinajstić information content (AvgIpc) is 3.17. The van der Waals surface area contributed by atoms with Crippen LogP contribution >= 0.6 is 0 Å². The molecule has 1 aliphatic heterocycles. The van der Waals surface area contributed by atoms with Crippen molar-refractivity contribution in [2.45, 2.75) is 13.0 Å². The second-order valence-electron chi connectivity index (χ2n) is 6.09. The van der Waals surface area contributed by atoms with E-state index in [2.05, 4.69) is 44.9 Å². The maximum Gasteiger partial charge on any atom is 0.193 e. The molecule has 1 N–H and O–H groups in total. The number of nitrogens with one attached hydrogen (secondary N) is 1. The fourth-order valence-electron chi connectivity index (χ4n) is 3.10. The minimum Gasteiger partial charge on any atom is -0.381 e. The second kappa shape index (κ2) is 7.00. The maximum absolute atomic E-state index is 5.45. The van der Waals surface area contributed by atoms with Gasteiger partial charge in [-0.15, -0.1) is 0 Å². The van der Waals surface area contributed by atoms with Crippen molar-refractivity contribution in [3.8, 4) is 0 Å². The molecule has 1 fully saturated rings. The van der Waals surface area contributed by atoms with Gasteiger partial charge in [0.2, 0.25) is 0 Å². The van der Waals surface area contributed by atoms with Crippen LogP contribution in [0.5, 0.6) is 0 Å². The molecule has 2 heterocycles. The molecule has 1 aromatic heterocycles. The molecule has 23 heavy (non-hydrogen) atoms. The van der Waals surface area contributed by atoms with Gasteiger partial charge < -0.3 is 19.5 Å². The molecule has 1 aliphatic rings. The number of ether oxygens (including phenoxy) is 1. The molecule has 6 nitrogen and oxygen atoms in total. The zero-order valence-electron chi connectivity index (χ0n) is 14.1. The highest BCUT2D eigenvalue weighted by Crippen LogP contribution is 2.15. The van der Waals surface area contributed by atoms with Gasteiger partial charge in [0.05, 0.1) is 24.2 Å². The molecule has 0 saturated carbocycles. The first-order valence-electron chi connectivity index (χ1n) is 8.09. The van der Waals surface area contributed by atoms with E-state index in [4.69, 9.17) is 4.74 Å². The fourth-order valence-corrected chi connectivity index (χ4v) is 3.10. The fraction of sp³-hybridized carbons (Fsp3) is 0.529. The largest absolute Gasteiger partial charge is 0.381 e. The van der Waals surface area contributed by atoms with Crippen molar-refractivity contribution in [3.05, 3.63) is 30.1 Å². The molecule has 3 rings (SSSR count). The molecule has 1 atom stereocenters. The molecular weight excluding hydrogens is 290 g/mol. The van der Waals surface area contributed by atoms with Crippen molar-refractivity contribution in [1.29, 1.82) is 0 Å². The van der Waals surface area contributed by atoms with E-state index in [0.29, 0.717) is 12.5 Å². The van der Waals surface area contributed by atoms with Crippen molar-refractivity contribution < 1.29 is 4.74 Å². The summed E-state index contributed by atoms with van der Waals surface area (Å²) in [6, 6.07) is 8.19. The second-order valence-corrected chi connectivity index (χ2v) is 6.09. The molecule has 1 aromatic carbocycles. The Labute approximate surface area is 137 Å². The third kappa shape index (κ3) is 3.47. The lowest BCUT2D eigenvalue weighted by atomic mass is 10.1. The van der Waals surface area contributed by atoms with Crippen molar-refractivity contribution in [2.24, 2.45) is 18.0 Å². The lowest BCUT2D eigenvalue weighted by molar-refractivity contribution is 0.181. The van der Waals surface area contributed by atoms with Crippen LogP contribution in [0.15, 0.2) is 29.3 Å². The van der Waals surface area contributed by atoms with Gasteiger partial charge in [0, 0.05) is 40.2 Å². The normalized spacial score (nSPS) is 18.6. The van der Waals surface area contributed by atoms with Gasteiger partial charge in [-0.2, -0.15) is 0 Å². The summed E-state index contributed by atoms with van der Waals surface area (Å²) in [6.07, 6.45) is 1.13. The van der Waals surface area contributed by atoms with E-state index in [1.165, 1.54) is 0 Å². The van der Waals surface area contributed by atoms with E-state index >= 15 is 0 Å². The zero-order chi connectivity index (χ0) is 16.2. The van der Waals surface area contributed by atoms with Gasteiger partial charge >= 0.3 is 0 Å². The van der Waals surface area contributed by atoms with E-state index in [1.807, 2.05) is 25.2 Å². The van der Waals surface area contributed by atoms with Gasteiger partial charge in [0.15, 0.2) is 5.96 Å². The molecule has 0 spiro atoms. The summed E-state index contributed by atoms with van der Waals surface area (Å²) in [5.74, 6) is 2.49. The molecule has 0 aliphatic carbocycles. The van der Waals surface area contributed by atoms with Gasteiger partial charge in [-0.3, -0.25) is 4.99 Å². The summed E-state index contributed by atoms with van der Waals surface area (Å²) in [4.78, 5) is 11.2. The van der Waals surface area contributed by atoms with Gasteiger partial charge in [-0.25, -0.2) is 4.98 Å². The maximum atomic E-state index is 5.45. The summed E-state index contributed by atoms with van der Waals surface area (Å²) in [7, 11) is 5.94. The lowest BCUT2D eigenvalue weighted by Gasteiger charge is -2.24. The van der Waals surface area contributed by atoms with Crippen LogP contribution in [0.1, 0.15) is 12.2 Å². The molecular formula is C17H25N5O. The number of aliphatic imine (C=N–C) groups is 1. The average molecular weight is 315 g/mol. The molecule has 124 valence electrons. The van der Waals surface area contributed by atoms with Crippen molar-refractivity contribution in [3.63, 3.8) is 0 Å². The smallest absolute Gasteiger partial charge is 0.193 e. The predicted octanol–water partition coefficient (Wildman–Crippen LogP) is 1.62. The van der Waals surface area contributed by atoms with Crippen LogP contribution in [0.2, 0.25) is 0 Å². The quantitative estimate of drug-likeness (QED) is 0.688. The van der Waals surface area contributed by atoms with E-state index in [9.17, 15) is 0 Å². The van der Waals surface area contributed by atoms with Crippen LogP contribution < -0.4 is 5.32 Å². The van der Waals surface area contributed by atoms with E-state index in [1.54, 1.807) is 0 Å². The van der Waals surface area contributed by atoms with Crippen molar-refractivity contribution in [1.82, 2.24) is 19.8 Å². The molecule has 0 radical (unpaired) electrons. The molecule has 6 heteroatoms. The number of para-hydroxylation sites is 2.